The number of aryl methyl sites for hydroxylation is 1. The summed E-state index contributed by atoms with van der Waals surface area (Å²) in [4.78, 5) is 21.9. The highest BCUT2D eigenvalue weighted by Crippen LogP contribution is 2.24. The minimum absolute atomic E-state index is 0.149. The van der Waals surface area contributed by atoms with Crippen molar-refractivity contribution in [2.24, 2.45) is 12.9 Å². The molecule has 0 amide bonds. The molecule has 0 atom stereocenters. The largest absolute Gasteiger partial charge is 0.345 e. The molecule has 100 valence electrons. The van der Waals surface area contributed by atoms with E-state index in [0.717, 1.165) is 0 Å². The van der Waals surface area contributed by atoms with Crippen molar-refractivity contribution in [2.75, 3.05) is 5.43 Å². The van der Waals surface area contributed by atoms with Gasteiger partial charge in [0, 0.05) is 13.1 Å². The Hall–Kier alpha value is -2.68. The number of nitro groups is 1. The molecule has 0 unspecified atom stereocenters. The maximum absolute atomic E-state index is 11.6. The van der Waals surface area contributed by atoms with Crippen LogP contribution >= 0.6 is 0 Å². The van der Waals surface area contributed by atoms with Crippen LogP contribution < -0.4 is 17.0 Å². The Labute approximate surface area is 107 Å². The first-order chi connectivity index (χ1) is 9.02. The first kappa shape index (κ1) is 12.8. The lowest BCUT2D eigenvalue weighted by Crippen LogP contribution is -2.23. The predicted molar refractivity (Wildman–Crippen MR) is 67.5 cm³/mol. The number of hydrazine groups is 1. The van der Waals surface area contributed by atoms with Crippen LogP contribution in [0.5, 0.6) is 0 Å². The fourth-order valence-electron chi connectivity index (χ4n) is 1.65. The van der Waals surface area contributed by atoms with Gasteiger partial charge in [0.15, 0.2) is 0 Å². The van der Waals surface area contributed by atoms with E-state index in [1.165, 1.54) is 27.7 Å². The maximum Gasteiger partial charge on any atom is 0.345 e. The quantitative estimate of drug-likeness (QED) is 0.449. The van der Waals surface area contributed by atoms with Crippen LogP contribution in [0.2, 0.25) is 0 Å². The van der Waals surface area contributed by atoms with Gasteiger partial charge in [-0.2, -0.15) is 5.10 Å². The van der Waals surface area contributed by atoms with Crippen LogP contribution in [0, 0.1) is 10.1 Å². The highest BCUT2D eigenvalue weighted by molar-refractivity contribution is 5.61. The molecule has 9 heteroatoms. The Morgan fingerprint density at radius 3 is 2.79 bits per heavy atom. The highest BCUT2D eigenvalue weighted by atomic mass is 16.6. The molecule has 0 saturated carbocycles. The average molecular weight is 264 g/mol. The molecule has 0 radical (unpaired) electrons. The lowest BCUT2D eigenvalue weighted by molar-refractivity contribution is -0.384. The number of anilines is 1. The van der Waals surface area contributed by atoms with Gasteiger partial charge >= 0.3 is 5.69 Å². The number of rotatable bonds is 4. The summed E-state index contributed by atoms with van der Waals surface area (Å²) in [5.74, 6) is 5.19. The number of nitrogen functional groups attached to an aromatic ring is 1. The van der Waals surface area contributed by atoms with E-state index in [4.69, 9.17) is 5.84 Å². The molecule has 0 aliphatic heterocycles. The second-order valence-corrected chi connectivity index (χ2v) is 3.94. The maximum atomic E-state index is 11.6. The van der Waals surface area contributed by atoms with Gasteiger partial charge in [-0.1, -0.05) is 6.07 Å². The van der Waals surface area contributed by atoms with E-state index in [-0.39, 0.29) is 23.6 Å². The number of hydrogen-bond donors (Lipinski definition) is 2. The van der Waals surface area contributed by atoms with Gasteiger partial charge in [0.05, 0.1) is 11.5 Å². The fourth-order valence-corrected chi connectivity index (χ4v) is 1.65. The molecule has 19 heavy (non-hydrogen) atoms. The molecule has 0 aliphatic carbocycles. The topological polar surface area (TPSA) is 121 Å². The first-order valence-corrected chi connectivity index (χ1v) is 5.35. The van der Waals surface area contributed by atoms with Gasteiger partial charge in [-0.3, -0.25) is 20.5 Å². The summed E-state index contributed by atoms with van der Waals surface area (Å²) >= 11 is 0. The van der Waals surface area contributed by atoms with Crippen molar-refractivity contribution in [3.8, 4) is 0 Å². The zero-order valence-electron chi connectivity index (χ0n) is 10.1. The highest BCUT2D eigenvalue weighted by Gasteiger charge is 2.14. The molecule has 0 fully saturated rings. The zero-order valence-corrected chi connectivity index (χ0v) is 10.1. The van der Waals surface area contributed by atoms with Crippen molar-refractivity contribution in [1.29, 1.82) is 0 Å². The summed E-state index contributed by atoms with van der Waals surface area (Å²) in [6.45, 7) is 0.158. The number of nitrogens with two attached hydrogens (primary N) is 1. The second kappa shape index (κ2) is 4.90. The Balaban J connectivity index is 2.36. The summed E-state index contributed by atoms with van der Waals surface area (Å²) in [5, 5.41) is 14.8. The van der Waals surface area contributed by atoms with Crippen molar-refractivity contribution in [3.63, 3.8) is 0 Å². The number of benzene rings is 1. The van der Waals surface area contributed by atoms with Crippen LogP contribution in [0.4, 0.5) is 11.4 Å². The van der Waals surface area contributed by atoms with E-state index in [0.29, 0.717) is 5.56 Å². The molecule has 2 aromatic rings. The molecular weight excluding hydrogens is 252 g/mol. The Morgan fingerprint density at radius 1 is 1.53 bits per heavy atom. The minimum Gasteiger partial charge on any atom is -0.318 e. The van der Waals surface area contributed by atoms with E-state index in [1.807, 2.05) is 0 Å². The lowest BCUT2D eigenvalue weighted by atomic mass is 10.2. The van der Waals surface area contributed by atoms with Crippen molar-refractivity contribution < 1.29 is 4.92 Å². The van der Waals surface area contributed by atoms with E-state index >= 15 is 0 Å². The number of nitrogens with zero attached hydrogens (tertiary/aromatic N) is 4. The van der Waals surface area contributed by atoms with Gasteiger partial charge in [-0.05, 0) is 11.6 Å². The van der Waals surface area contributed by atoms with Crippen LogP contribution in [-0.2, 0) is 13.6 Å². The van der Waals surface area contributed by atoms with Crippen molar-refractivity contribution >= 4 is 11.4 Å². The number of nitrogens with one attached hydrogen (secondary N) is 1. The third-order valence-corrected chi connectivity index (χ3v) is 2.63. The lowest BCUT2D eigenvalue weighted by Gasteiger charge is -2.05. The third kappa shape index (κ3) is 2.45. The molecule has 1 aromatic carbocycles. The molecule has 0 saturated heterocycles. The monoisotopic (exact) mass is 264 g/mol. The van der Waals surface area contributed by atoms with Gasteiger partial charge < -0.3 is 5.43 Å². The molecule has 1 aromatic heterocycles. The molecule has 2 rings (SSSR count). The van der Waals surface area contributed by atoms with Crippen molar-refractivity contribution in [2.45, 2.75) is 6.54 Å². The Kier molecular flexibility index (Phi) is 3.29. The molecule has 0 aliphatic rings. The van der Waals surface area contributed by atoms with E-state index in [9.17, 15) is 14.9 Å². The van der Waals surface area contributed by atoms with Crippen molar-refractivity contribution in [1.82, 2.24) is 14.3 Å². The minimum atomic E-state index is -0.542. The van der Waals surface area contributed by atoms with E-state index in [1.54, 1.807) is 13.1 Å². The Morgan fingerprint density at radius 2 is 2.26 bits per heavy atom. The Bertz CT molecular complexity index is 674. The fraction of sp³-hybridized carbons (Fsp3) is 0.200. The van der Waals surface area contributed by atoms with Gasteiger partial charge in [0.2, 0.25) is 0 Å². The number of nitro benzene ring substituents is 1. The van der Waals surface area contributed by atoms with Crippen LogP contribution in [0.15, 0.2) is 29.3 Å². The van der Waals surface area contributed by atoms with E-state index in [2.05, 4.69) is 10.5 Å². The summed E-state index contributed by atoms with van der Waals surface area (Å²) in [6, 6.07) is 4.49. The summed E-state index contributed by atoms with van der Waals surface area (Å²) in [5.41, 5.74) is 2.62. The number of hydrogen-bond acceptors (Lipinski definition) is 6. The predicted octanol–water partition coefficient (Wildman–Crippen LogP) is -0.176. The summed E-state index contributed by atoms with van der Waals surface area (Å²) < 4.78 is 2.54. The normalized spacial score (nSPS) is 10.4. The number of aromatic nitrogens is 3. The third-order valence-electron chi connectivity index (χ3n) is 2.63. The van der Waals surface area contributed by atoms with Crippen molar-refractivity contribution in [3.05, 3.63) is 50.7 Å². The molecule has 3 N–H and O–H groups in total. The van der Waals surface area contributed by atoms with Gasteiger partial charge in [0.25, 0.3) is 5.69 Å². The van der Waals surface area contributed by atoms with Crippen LogP contribution in [-0.4, -0.2) is 19.3 Å². The molecule has 0 spiro atoms. The van der Waals surface area contributed by atoms with Crippen LogP contribution in [0.1, 0.15) is 5.56 Å². The first-order valence-electron chi connectivity index (χ1n) is 5.35. The van der Waals surface area contributed by atoms with E-state index < -0.39 is 4.92 Å². The van der Waals surface area contributed by atoms with Gasteiger partial charge in [-0.25, -0.2) is 9.48 Å². The molecule has 1 heterocycles. The molecule has 9 nitrogen and oxygen atoms in total. The standard InChI is InChI=1S/C10H12N6O3/c1-14-6-12-15(10(14)17)5-7-2-3-8(13-11)9(4-7)16(18)19/h2-4,6,13H,5,11H2,1H3. The SMILES string of the molecule is Cn1cnn(Cc2ccc(NN)c([N+](=O)[O-])c2)c1=O. The second-order valence-electron chi connectivity index (χ2n) is 3.94. The van der Waals surface area contributed by atoms with Gasteiger partial charge in [-0.15, -0.1) is 0 Å². The molecular formula is C10H12N6O3. The summed E-state index contributed by atoms with van der Waals surface area (Å²) in [6.07, 6.45) is 1.38. The zero-order chi connectivity index (χ0) is 14.0. The van der Waals surface area contributed by atoms with Crippen LogP contribution in [0.3, 0.4) is 0 Å². The average Bonchev–Trinajstić information content (AvgIpc) is 2.70. The van der Waals surface area contributed by atoms with Gasteiger partial charge in [0.1, 0.15) is 12.0 Å². The summed E-state index contributed by atoms with van der Waals surface area (Å²) in [7, 11) is 1.58. The van der Waals surface area contributed by atoms with Crippen LogP contribution in [0.25, 0.3) is 0 Å². The molecule has 0 bridgehead atoms. The smallest absolute Gasteiger partial charge is 0.318 e.